The molecule has 1 N–H and O–H groups in total. The molecule has 1 aromatic heterocycles. The van der Waals surface area contributed by atoms with Crippen LogP contribution in [0.1, 0.15) is 23.4 Å². The summed E-state index contributed by atoms with van der Waals surface area (Å²) in [5, 5.41) is 14.8. The van der Waals surface area contributed by atoms with Gasteiger partial charge >= 0.3 is 0 Å². The third-order valence-electron chi connectivity index (χ3n) is 4.67. The van der Waals surface area contributed by atoms with Gasteiger partial charge < -0.3 is 5.32 Å². The van der Waals surface area contributed by atoms with Crippen molar-refractivity contribution in [1.82, 2.24) is 25.5 Å². The molecule has 2 aromatic carbocycles. The number of para-hydroxylation sites is 1. The minimum absolute atomic E-state index is 0.0101. The molecule has 0 radical (unpaired) electrons. The van der Waals surface area contributed by atoms with Crippen molar-refractivity contribution < 1.29 is 4.79 Å². The SMILES string of the molecule is O=C(NCc1nnnn1-c1ccccc1)C1CCc2ccccc2C1. The smallest absolute Gasteiger partial charge is 0.223 e. The van der Waals surface area contributed by atoms with E-state index in [1.54, 1.807) is 4.68 Å². The number of rotatable bonds is 4. The maximum atomic E-state index is 12.6. The highest BCUT2D eigenvalue weighted by atomic mass is 16.1. The van der Waals surface area contributed by atoms with Gasteiger partial charge in [0, 0.05) is 5.92 Å². The van der Waals surface area contributed by atoms with E-state index in [4.69, 9.17) is 0 Å². The van der Waals surface area contributed by atoms with Crippen LogP contribution in [-0.2, 0) is 24.2 Å². The highest BCUT2D eigenvalue weighted by Gasteiger charge is 2.24. The maximum absolute atomic E-state index is 12.6. The van der Waals surface area contributed by atoms with Crippen LogP contribution < -0.4 is 5.32 Å². The summed E-state index contributed by atoms with van der Waals surface area (Å²) in [7, 11) is 0. The molecule has 0 bridgehead atoms. The lowest BCUT2D eigenvalue weighted by Gasteiger charge is -2.23. The molecular formula is C19H19N5O. The van der Waals surface area contributed by atoms with Crippen molar-refractivity contribution in [2.24, 2.45) is 5.92 Å². The number of amides is 1. The Balaban J connectivity index is 1.41. The van der Waals surface area contributed by atoms with Crippen LogP contribution >= 0.6 is 0 Å². The van der Waals surface area contributed by atoms with E-state index in [9.17, 15) is 4.79 Å². The molecule has 1 unspecified atom stereocenters. The van der Waals surface area contributed by atoms with Crippen molar-refractivity contribution in [2.75, 3.05) is 0 Å². The van der Waals surface area contributed by atoms with Crippen molar-refractivity contribution in [1.29, 1.82) is 0 Å². The second-order valence-corrected chi connectivity index (χ2v) is 6.27. The van der Waals surface area contributed by atoms with E-state index >= 15 is 0 Å². The normalized spacial score (nSPS) is 16.2. The third-order valence-corrected chi connectivity index (χ3v) is 4.67. The molecule has 6 heteroatoms. The van der Waals surface area contributed by atoms with Crippen LogP contribution in [0.25, 0.3) is 5.69 Å². The van der Waals surface area contributed by atoms with Gasteiger partial charge in [-0.3, -0.25) is 4.79 Å². The number of hydrogen-bond acceptors (Lipinski definition) is 4. The van der Waals surface area contributed by atoms with Crippen LogP contribution in [0.2, 0.25) is 0 Å². The molecule has 1 aliphatic carbocycles. The second kappa shape index (κ2) is 6.84. The fourth-order valence-corrected chi connectivity index (χ4v) is 3.32. The van der Waals surface area contributed by atoms with Crippen molar-refractivity contribution in [2.45, 2.75) is 25.8 Å². The van der Waals surface area contributed by atoms with Crippen LogP contribution in [-0.4, -0.2) is 26.1 Å². The first-order chi connectivity index (χ1) is 12.3. The first-order valence-corrected chi connectivity index (χ1v) is 8.48. The zero-order valence-electron chi connectivity index (χ0n) is 13.8. The fourth-order valence-electron chi connectivity index (χ4n) is 3.32. The molecule has 1 aliphatic rings. The molecule has 0 spiro atoms. The topological polar surface area (TPSA) is 72.7 Å². The van der Waals surface area contributed by atoms with Gasteiger partial charge in [0.05, 0.1) is 12.2 Å². The molecular weight excluding hydrogens is 314 g/mol. The molecule has 3 aromatic rings. The predicted molar refractivity (Wildman–Crippen MR) is 93.0 cm³/mol. The molecule has 126 valence electrons. The maximum Gasteiger partial charge on any atom is 0.223 e. The lowest BCUT2D eigenvalue weighted by atomic mass is 9.83. The van der Waals surface area contributed by atoms with E-state index in [0.717, 1.165) is 24.9 Å². The number of carbonyl (C=O) groups is 1. The van der Waals surface area contributed by atoms with E-state index in [1.165, 1.54) is 11.1 Å². The van der Waals surface area contributed by atoms with E-state index in [0.29, 0.717) is 12.4 Å². The van der Waals surface area contributed by atoms with Gasteiger partial charge in [0.2, 0.25) is 5.91 Å². The van der Waals surface area contributed by atoms with Gasteiger partial charge in [-0.05, 0) is 52.9 Å². The minimum atomic E-state index is 0.0101. The van der Waals surface area contributed by atoms with Gasteiger partial charge in [0.1, 0.15) is 0 Å². The van der Waals surface area contributed by atoms with Gasteiger partial charge in [0.15, 0.2) is 5.82 Å². The average molecular weight is 333 g/mol. The number of tetrazole rings is 1. The van der Waals surface area contributed by atoms with Crippen molar-refractivity contribution in [3.63, 3.8) is 0 Å². The van der Waals surface area contributed by atoms with Crippen LogP contribution in [0, 0.1) is 5.92 Å². The number of aryl methyl sites for hydroxylation is 1. The van der Waals surface area contributed by atoms with Crippen LogP contribution in [0.5, 0.6) is 0 Å². The van der Waals surface area contributed by atoms with Gasteiger partial charge in [-0.1, -0.05) is 42.5 Å². The summed E-state index contributed by atoms with van der Waals surface area (Å²) in [6.07, 6.45) is 2.63. The summed E-state index contributed by atoms with van der Waals surface area (Å²) in [5.74, 6) is 0.698. The first-order valence-electron chi connectivity index (χ1n) is 8.48. The lowest BCUT2D eigenvalue weighted by molar-refractivity contribution is -0.125. The Morgan fingerprint density at radius 2 is 1.84 bits per heavy atom. The molecule has 4 rings (SSSR count). The zero-order valence-corrected chi connectivity index (χ0v) is 13.8. The number of benzene rings is 2. The Hall–Kier alpha value is -3.02. The molecule has 0 saturated heterocycles. The van der Waals surface area contributed by atoms with E-state index < -0.39 is 0 Å². The number of nitrogens with one attached hydrogen (secondary N) is 1. The third kappa shape index (κ3) is 3.28. The number of aromatic nitrogens is 4. The summed E-state index contributed by atoms with van der Waals surface area (Å²) in [6.45, 7) is 0.318. The Bertz CT molecular complexity index is 874. The summed E-state index contributed by atoms with van der Waals surface area (Å²) in [6, 6.07) is 18.0. The van der Waals surface area contributed by atoms with E-state index in [-0.39, 0.29) is 11.8 Å². The Labute approximate surface area is 145 Å². The van der Waals surface area contributed by atoms with Gasteiger partial charge in [-0.15, -0.1) is 5.10 Å². The summed E-state index contributed by atoms with van der Waals surface area (Å²) < 4.78 is 1.65. The molecule has 0 fully saturated rings. The Morgan fingerprint density at radius 3 is 2.68 bits per heavy atom. The summed E-state index contributed by atoms with van der Waals surface area (Å²) in [4.78, 5) is 12.6. The molecule has 25 heavy (non-hydrogen) atoms. The molecule has 1 atom stereocenters. The average Bonchev–Trinajstić information content (AvgIpc) is 3.15. The number of carbonyl (C=O) groups excluding carboxylic acids is 1. The van der Waals surface area contributed by atoms with Gasteiger partial charge in [-0.2, -0.15) is 4.68 Å². The highest BCUT2D eigenvalue weighted by molar-refractivity contribution is 5.79. The standard InChI is InChI=1S/C19H19N5O/c25-19(16-11-10-14-6-4-5-7-15(14)12-16)20-13-18-21-22-23-24(18)17-8-2-1-3-9-17/h1-9,16H,10-13H2,(H,20,25). The van der Waals surface area contributed by atoms with Gasteiger partial charge in [-0.25, -0.2) is 0 Å². The Kier molecular flexibility index (Phi) is 4.24. The van der Waals surface area contributed by atoms with Crippen LogP contribution in [0.4, 0.5) is 0 Å². The molecule has 6 nitrogen and oxygen atoms in total. The van der Waals surface area contributed by atoms with Crippen molar-refractivity contribution in [3.05, 3.63) is 71.5 Å². The summed E-state index contributed by atoms with van der Waals surface area (Å²) in [5.41, 5.74) is 3.52. The quantitative estimate of drug-likeness (QED) is 0.793. The Morgan fingerprint density at radius 1 is 1.08 bits per heavy atom. The van der Waals surface area contributed by atoms with Crippen molar-refractivity contribution >= 4 is 5.91 Å². The zero-order chi connectivity index (χ0) is 17.1. The second-order valence-electron chi connectivity index (χ2n) is 6.27. The van der Waals surface area contributed by atoms with Gasteiger partial charge in [0.25, 0.3) is 0 Å². The number of hydrogen-bond donors (Lipinski definition) is 1. The fraction of sp³-hybridized carbons (Fsp3) is 0.263. The molecule has 0 aliphatic heterocycles. The van der Waals surface area contributed by atoms with Crippen LogP contribution in [0.15, 0.2) is 54.6 Å². The minimum Gasteiger partial charge on any atom is -0.348 e. The van der Waals surface area contributed by atoms with E-state index in [2.05, 4.69) is 39.0 Å². The lowest BCUT2D eigenvalue weighted by Crippen LogP contribution is -2.34. The molecule has 1 amide bonds. The molecule has 0 saturated carbocycles. The summed E-state index contributed by atoms with van der Waals surface area (Å²) >= 11 is 0. The monoisotopic (exact) mass is 333 g/mol. The first kappa shape index (κ1) is 15.5. The largest absolute Gasteiger partial charge is 0.348 e. The van der Waals surface area contributed by atoms with Crippen molar-refractivity contribution in [3.8, 4) is 5.69 Å². The van der Waals surface area contributed by atoms with E-state index in [1.807, 2.05) is 36.4 Å². The number of nitrogens with zero attached hydrogens (tertiary/aromatic N) is 4. The molecule has 1 heterocycles. The number of fused-ring (bicyclic) bond motifs is 1. The highest BCUT2D eigenvalue weighted by Crippen LogP contribution is 2.25. The van der Waals surface area contributed by atoms with Crippen LogP contribution in [0.3, 0.4) is 0 Å². The predicted octanol–water partition coefficient (Wildman–Crippen LogP) is 2.08.